The maximum atomic E-state index is 11.1. The summed E-state index contributed by atoms with van der Waals surface area (Å²) in [6.07, 6.45) is 17.5. The highest BCUT2D eigenvalue weighted by Crippen LogP contribution is 2.66. The lowest BCUT2D eigenvalue weighted by Gasteiger charge is -2.57. The van der Waals surface area contributed by atoms with Crippen LogP contribution in [0.5, 0.6) is 0 Å². The molecule has 0 radical (unpaired) electrons. The summed E-state index contributed by atoms with van der Waals surface area (Å²) in [6, 6.07) is 4.48. The molecule has 9 atom stereocenters. The van der Waals surface area contributed by atoms with Gasteiger partial charge in [-0.2, -0.15) is 0 Å². The molecule has 4 saturated carbocycles. The Labute approximate surface area is 197 Å². The third-order valence-electron chi connectivity index (χ3n) is 11.1. The molecular weight excluding hydrogens is 390 g/mol. The summed E-state index contributed by atoms with van der Waals surface area (Å²) >= 11 is 0. The largest absolute Gasteiger partial charge is 0.390 e. The first-order chi connectivity index (χ1) is 15.3. The minimum atomic E-state index is -0.343. The Morgan fingerprint density at radius 2 is 1.84 bits per heavy atom. The van der Waals surface area contributed by atoms with Gasteiger partial charge in [-0.3, -0.25) is 4.98 Å². The number of pyridine rings is 1. The number of hydrogen-bond donors (Lipinski definition) is 1. The highest BCUT2D eigenvalue weighted by molar-refractivity contribution is 5.15. The molecule has 1 aromatic heterocycles. The molecule has 2 heteroatoms. The Kier molecular flexibility index (Phi) is 6.23. The van der Waals surface area contributed by atoms with Gasteiger partial charge in [0.25, 0.3) is 0 Å². The van der Waals surface area contributed by atoms with E-state index in [1.54, 1.807) is 0 Å². The lowest BCUT2D eigenvalue weighted by Crippen LogP contribution is -2.51. The lowest BCUT2D eigenvalue weighted by molar-refractivity contribution is -0.110. The molecule has 1 heterocycles. The molecule has 1 N–H and O–H groups in total. The Balaban J connectivity index is 1.27. The number of aliphatic hydroxyl groups is 1. The zero-order chi connectivity index (χ0) is 22.5. The summed E-state index contributed by atoms with van der Waals surface area (Å²) in [5.41, 5.74) is 2.75. The molecule has 0 aromatic carbocycles. The van der Waals surface area contributed by atoms with Crippen molar-refractivity contribution in [3.63, 3.8) is 0 Å². The van der Waals surface area contributed by atoms with Crippen LogP contribution in [0, 0.1) is 53.8 Å². The molecule has 4 aliphatic rings. The second kappa shape index (κ2) is 8.71. The van der Waals surface area contributed by atoms with Gasteiger partial charge in [0.1, 0.15) is 0 Å². The molecule has 0 aliphatic heterocycles. The molecule has 0 unspecified atom stereocenters. The van der Waals surface area contributed by atoms with Crippen LogP contribution < -0.4 is 0 Å². The molecule has 0 bridgehead atoms. The average molecular weight is 438 g/mol. The van der Waals surface area contributed by atoms with Gasteiger partial charge in [-0.25, -0.2) is 0 Å². The van der Waals surface area contributed by atoms with Crippen LogP contribution in [0.25, 0.3) is 0 Å². The van der Waals surface area contributed by atoms with Crippen LogP contribution in [0.4, 0.5) is 0 Å². The van der Waals surface area contributed by atoms with E-state index in [4.69, 9.17) is 0 Å². The molecule has 4 fully saturated rings. The summed E-state index contributed by atoms with van der Waals surface area (Å²) in [7, 11) is 0. The normalized spacial score (nSPS) is 44.4. The first-order valence-corrected chi connectivity index (χ1v) is 14.0. The minimum Gasteiger partial charge on any atom is -0.390 e. The zero-order valence-electron chi connectivity index (χ0n) is 21.2. The second-order valence-corrected chi connectivity index (χ2v) is 12.9. The highest BCUT2D eigenvalue weighted by Gasteiger charge is 2.58. The fourth-order valence-electron chi connectivity index (χ4n) is 9.76. The zero-order valence-corrected chi connectivity index (χ0v) is 21.2. The van der Waals surface area contributed by atoms with Crippen LogP contribution in [0.3, 0.4) is 0 Å². The van der Waals surface area contributed by atoms with E-state index < -0.39 is 0 Å². The number of aryl methyl sites for hydroxylation is 1. The van der Waals surface area contributed by atoms with E-state index in [2.05, 4.69) is 51.0 Å². The monoisotopic (exact) mass is 437 g/mol. The summed E-state index contributed by atoms with van der Waals surface area (Å²) in [4.78, 5) is 4.55. The number of fused-ring (bicyclic) bond motifs is 5. The van der Waals surface area contributed by atoms with Gasteiger partial charge in [0.15, 0.2) is 0 Å². The van der Waals surface area contributed by atoms with Crippen molar-refractivity contribution in [2.45, 2.75) is 110 Å². The van der Waals surface area contributed by atoms with Gasteiger partial charge in [-0.1, -0.05) is 33.3 Å². The Bertz CT molecular complexity index is 789. The van der Waals surface area contributed by atoms with Gasteiger partial charge >= 0.3 is 0 Å². The van der Waals surface area contributed by atoms with Crippen molar-refractivity contribution in [3.05, 3.63) is 29.6 Å². The maximum absolute atomic E-state index is 11.1. The average Bonchev–Trinajstić information content (AvgIpc) is 3.12. The maximum Gasteiger partial charge on any atom is 0.0650 e. The van der Waals surface area contributed by atoms with Crippen molar-refractivity contribution in [1.29, 1.82) is 0 Å². The van der Waals surface area contributed by atoms with Gasteiger partial charge in [0.05, 0.1) is 5.60 Å². The van der Waals surface area contributed by atoms with Gasteiger partial charge in [-0.05, 0) is 136 Å². The van der Waals surface area contributed by atoms with E-state index in [9.17, 15) is 5.11 Å². The fourth-order valence-corrected chi connectivity index (χ4v) is 9.76. The van der Waals surface area contributed by atoms with E-state index in [1.165, 1.54) is 56.9 Å². The number of hydrogen-bond acceptors (Lipinski definition) is 2. The standard InChI is InChI=1S/C30H47NO/c1-5-14-30(32)16-13-24-23(18-30)8-9-26-25(24)12-15-29(4)27(10-11-28(26)29)20(2)17-22-7-6-21(3)31-19-22/h6-7,19-20,23-28,32H,5,8-18H2,1-4H3/t20-,23+,24-,25+,26+,27+,28-,29+,30+/m0/s1. The van der Waals surface area contributed by atoms with E-state index in [-0.39, 0.29) is 5.60 Å². The third kappa shape index (κ3) is 3.97. The molecule has 0 amide bonds. The van der Waals surface area contributed by atoms with Crippen molar-refractivity contribution in [2.75, 3.05) is 0 Å². The van der Waals surface area contributed by atoms with Crippen LogP contribution in [0.15, 0.2) is 18.3 Å². The number of nitrogens with zero attached hydrogens (tertiary/aromatic N) is 1. The molecule has 4 aliphatic carbocycles. The van der Waals surface area contributed by atoms with Crippen LogP contribution in [-0.2, 0) is 6.42 Å². The van der Waals surface area contributed by atoms with E-state index in [1.807, 2.05) is 0 Å². The van der Waals surface area contributed by atoms with Crippen molar-refractivity contribution >= 4 is 0 Å². The Morgan fingerprint density at radius 3 is 2.59 bits per heavy atom. The first kappa shape index (κ1) is 22.9. The van der Waals surface area contributed by atoms with Crippen molar-refractivity contribution in [1.82, 2.24) is 4.98 Å². The van der Waals surface area contributed by atoms with Crippen LogP contribution in [-0.4, -0.2) is 15.7 Å². The Hall–Kier alpha value is -0.890. The summed E-state index contributed by atoms with van der Waals surface area (Å²) in [5, 5.41) is 11.1. The fraction of sp³-hybridized carbons (Fsp3) is 0.833. The molecule has 178 valence electrons. The van der Waals surface area contributed by atoms with Crippen molar-refractivity contribution in [3.8, 4) is 0 Å². The molecule has 2 nitrogen and oxygen atoms in total. The van der Waals surface area contributed by atoms with Gasteiger partial charge < -0.3 is 5.11 Å². The first-order valence-electron chi connectivity index (χ1n) is 14.0. The summed E-state index contributed by atoms with van der Waals surface area (Å²) in [5.74, 6) is 6.19. The lowest BCUT2D eigenvalue weighted by atomic mass is 9.48. The number of rotatable bonds is 5. The van der Waals surface area contributed by atoms with Crippen LogP contribution in [0.1, 0.15) is 103 Å². The van der Waals surface area contributed by atoms with E-state index in [0.29, 0.717) is 5.41 Å². The van der Waals surface area contributed by atoms with Crippen LogP contribution in [0.2, 0.25) is 0 Å². The van der Waals surface area contributed by atoms with Crippen LogP contribution >= 0.6 is 0 Å². The molecule has 0 spiro atoms. The quantitative estimate of drug-likeness (QED) is 0.521. The minimum absolute atomic E-state index is 0.343. The SMILES string of the molecule is CCC[C@@]1(O)CC[C@H]2[C@H](CC[C@@H]3[C@@H]2CC[C@]2(C)[C@@H]([C@@H](C)Cc4ccc(C)nc4)CC[C@@H]32)C1. The van der Waals surface area contributed by atoms with E-state index >= 15 is 0 Å². The molecule has 1 aromatic rings. The molecule has 0 saturated heterocycles. The topological polar surface area (TPSA) is 33.1 Å². The summed E-state index contributed by atoms with van der Waals surface area (Å²) < 4.78 is 0. The van der Waals surface area contributed by atoms with Crippen molar-refractivity contribution < 1.29 is 5.11 Å². The van der Waals surface area contributed by atoms with E-state index in [0.717, 1.165) is 72.8 Å². The molecular formula is C30H47NO. The Morgan fingerprint density at radius 1 is 1.03 bits per heavy atom. The van der Waals surface area contributed by atoms with Gasteiger partial charge in [0.2, 0.25) is 0 Å². The smallest absolute Gasteiger partial charge is 0.0650 e. The predicted molar refractivity (Wildman–Crippen MR) is 132 cm³/mol. The summed E-state index contributed by atoms with van der Waals surface area (Å²) in [6.45, 7) is 9.52. The van der Waals surface area contributed by atoms with Crippen molar-refractivity contribution in [2.24, 2.45) is 46.8 Å². The molecule has 5 rings (SSSR count). The molecule has 32 heavy (non-hydrogen) atoms. The third-order valence-corrected chi connectivity index (χ3v) is 11.1. The highest BCUT2D eigenvalue weighted by atomic mass is 16.3. The second-order valence-electron chi connectivity index (χ2n) is 12.9. The number of aromatic nitrogens is 1. The van der Waals surface area contributed by atoms with Gasteiger partial charge in [0, 0.05) is 11.9 Å². The predicted octanol–water partition coefficient (Wildman–Crippen LogP) is 7.37. The van der Waals surface area contributed by atoms with Gasteiger partial charge in [-0.15, -0.1) is 0 Å².